The number of aromatic nitrogens is 1. The van der Waals surface area contributed by atoms with Gasteiger partial charge in [-0.05, 0) is 55.6 Å². The van der Waals surface area contributed by atoms with Gasteiger partial charge in [-0.15, -0.1) is 0 Å². The van der Waals surface area contributed by atoms with E-state index in [-0.39, 0.29) is 0 Å². The number of rotatable bonds is 3. The van der Waals surface area contributed by atoms with Crippen LogP contribution in [0.5, 0.6) is 0 Å². The second kappa shape index (κ2) is 4.17. The van der Waals surface area contributed by atoms with Crippen molar-refractivity contribution in [3.63, 3.8) is 0 Å². The third-order valence-corrected chi connectivity index (χ3v) is 4.29. The molecule has 2 heteroatoms. The first kappa shape index (κ1) is 10.8. The van der Waals surface area contributed by atoms with E-state index in [0.717, 1.165) is 29.3 Å². The third-order valence-electron chi connectivity index (χ3n) is 4.29. The van der Waals surface area contributed by atoms with Crippen molar-refractivity contribution in [2.75, 3.05) is 5.32 Å². The fourth-order valence-electron chi connectivity index (χ4n) is 3.57. The van der Waals surface area contributed by atoms with Gasteiger partial charge in [-0.25, -0.2) is 4.98 Å². The summed E-state index contributed by atoms with van der Waals surface area (Å²) in [4.78, 5) is 4.48. The summed E-state index contributed by atoms with van der Waals surface area (Å²) in [6.07, 6.45) is 7.79. The molecule has 0 spiro atoms. The zero-order valence-corrected chi connectivity index (χ0v) is 10.4. The summed E-state index contributed by atoms with van der Waals surface area (Å²) in [7, 11) is 0. The van der Waals surface area contributed by atoms with Gasteiger partial charge >= 0.3 is 0 Å². The van der Waals surface area contributed by atoms with Crippen molar-refractivity contribution >= 4 is 5.82 Å². The Morgan fingerprint density at radius 1 is 1.35 bits per heavy atom. The van der Waals surface area contributed by atoms with Crippen LogP contribution < -0.4 is 5.32 Å². The lowest BCUT2D eigenvalue weighted by atomic mass is 9.84. The first-order valence-corrected chi connectivity index (χ1v) is 6.61. The van der Waals surface area contributed by atoms with E-state index in [9.17, 15) is 0 Å². The van der Waals surface area contributed by atoms with Gasteiger partial charge in [0.05, 0.1) is 0 Å². The summed E-state index contributed by atoms with van der Waals surface area (Å²) in [5, 5.41) is 3.15. The van der Waals surface area contributed by atoms with Crippen LogP contribution in [0.2, 0.25) is 0 Å². The lowest BCUT2D eigenvalue weighted by Crippen LogP contribution is -2.09. The molecule has 0 radical (unpaired) electrons. The monoisotopic (exact) mass is 228 g/mol. The van der Waals surface area contributed by atoms with Crippen LogP contribution in [0, 0.1) is 11.8 Å². The number of anilines is 1. The van der Waals surface area contributed by atoms with Crippen molar-refractivity contribution < 1.29 is 0 Å². The van der Waals surface area contributed by atoms with Crippen molar-refractivity contribution in [2.24, 2.45) is 11.8 Å². The second-order valence-electron chi connectivity index (χ2n) is 5.66. The maximum absolute atomic E-state index is 4.48. The van der Waals surface area contributed by atoms with E-state index in [1.165, 1.54) is 31.2 Å². The van der Waals surface area contributed by atoms with Crippen LogP contribution in [0.1, 0.15) is 44.1 Å². The Balaban J connectivity index is 1.74. The molecule has 1 N–H and O–H groups in total. The highest BCUT2D eigenvalue weighted by molar-refractivity contribution is 5.41. The number of nitrogens with one attached hydrogen (secondary N) is 1. The molecule has 1 aromatic rings. The average molecular weight is 228 g/mol. The third kappa shape index (κ3) is 2.08. The molecule has 2 nitrogen and oxygen atoms in total. The molecular formula is C15H20N2. The largest absolute Gasteiger partial charge is 0.345 e. The molecule has 1 heterocycles. The molecular weight excluding hydrogens is 208 g/mol. The molecule has 3 rings (SSSR count). The minimum Gasteiger partial charge on any atom is -0.345 e. The number of hydrogen-bond donors (Lipinski definition) is 1. The lowest BCUT2D eigenvalue weighted by Gasteiger charge is -2.21. The van der Waals surface area contributed by atoms with Crippen LogP contribution in [0.15, 0.2) is 30.6 Å². The Hall–Kier alpha value is -1.31. The summed E-state index contributed by atoms with van der Waals surface area (Å²) in [6.45, 7) is 5.78. The SMILES string of the molecule is C=C(C)Nc1ccc(C2CC3CCC2C3)cn1. The van der Waals surface area contributed by atoms with Crippen LogP contribution in [0.25, 0.3) is 0 Å². The number of allylic oxidation sites excluding steroid dienone is 1. The molecule has 17 heavy (non-hydrogen) atoms. The second-order valence-corrected chi connectivity index (χ2v) is 5.66. The zero-order valence-electron chi connectivity index (χ0n) is 10.4. The van der Waals surface area contributed by atoms with Crippen LogP contribution in [0.3, 0.4) is 0 Å². The fourth-order valence-corrected chi connectivity index (χ4v) is 3.57. The topological polar surface area (TPSA) is 24.9 Å². The van der Waals surface area contributed by atoms with E-state index in [0.29, 0.717) is 0 Å². The molecule has 2 bridgehead atoms. The van der Waals surface area contributed by atoms with Crippen LogP contribution in [-0.2, 0) is 0 Å². The Bertz CT molecular complexity index is 421. The van der Waals surface area contributed by atoms with Gasteiger partial charge in [0.2, 0.25) is 0 Å². The minimum atomic E-state index is 0.778. The maximum atomic E-state index is 4.48. The Labute approximate surface area is 103 Å². The maximum Gasteiger partial charge on any atom is 0.130 e. The smallest absolute Gasteiger partial charge is 0.130 e. The van der Waals surface area contributed by atoms with Gasteiger partial charge in [-0.1, -0.05) is 19.1 Å². The van der Waals surface area contributed by atoms with Gasteiger partial charge in [0.15, 0.2) is 0 Å². The van der Waals surface area contributed by atoms with Crippen molar-refractivity contribution in [2.45, 2.75) is 38.5 Å². The molecule has 3 unspecified atom stereocenters. The number of fused-ring (bicyclic) bond motifs is 2. The quantitative estimate of drug-likeness (QED) is 0.847. The Kier molecular flexibility index (Phi) is 2.65. The van der Waals surface area contributed by atoms with Gasteiger partial charge in [0.25, 0.3) is 0 Å². The normalized spacial score (nSPS) is 30.5. The number of nitrogens with zero attached hydrogens (tertiary/aromatic N) is 1. The minimum absolute atomic E-state index is 0.778. The molecule has 1 aromatic heterocycles. The Morgan fingerprint density at radius 3 is 2.76 bits per heavy atom. The van der Waals surface area contributed by atoms with Crippen molar-refractivity contribution in [3.05, 3.63) is 36.2 Å². The van der Waals surface area contributed by atoms with E-state index in [4.69, 9.17) is 0 Å². The fraction of sp³-hybridized carbons (Fsp3) is 0.533. The zero-order chi connectivity index (χ0) is 11.8. The summed E-state index contributed by atoms with van der Waals surface area (Å²) in [5.74, 6) is 3.62. The Morgan fingerprint density at radius 2 is 2.24 bits per heavy atom. The van der Waals surface area contributed by atoms with E-state index in [2.05, 4.69) is 35.2 Å². The van der Waals surface area contributed by atoms with E-state index in [1.807, 2.05) is 6.92 Å². The highest BCUT2D eigenvalue weighted by Gasteiger charge is 2.40. The number of hydrogen-bond acceptors (Lipinski definition) is 2. The first-order valence-electron chi connectivity index (χ1n) is 6.61. The van der Waals surface area contributed by atoms with Crippen molar-refractivity contribution in [3.8, 4) is 0 Å². The van der Waals surface area contributed by atoms with Crippen LogP contribution >= 0.6 is 0 Å². The van der Waals surface area contributed by atoms with Gasteiger partial charge in [-0.2, -0.15) is 0 Å². The van der Waals surface area contributed by atoms with Crippen molar-refractivity contribution in [1.29, 1.82) is 0 Å². The van der Waals surface area contributed by atoms with Gasteiger partial charge < -0.3 is 5.32 Å². The molecule has 90 valence electrons. The highest BCUT2D eigenvalue weighted by Crippen LogP contribution is 2.52. The molecule has 2 aliphatic carbocycles. The van der Waals surface area contributed by atoms with E-state index in [1.54, 1.807) is 0 Å². The molecule has 0 aromatic carbocycles. The number of pyridine rings is 1. The van der Waals surface area contributed by atoms with E-state index < -0.39 is 0 Å². The molecule has 2 saturated carbocycles. The molecule has 2 aliphatic rings. The summed E-state index contributed by atoms with van der Waals surface area (Å²) < 4.78 is 0. The summed E-state index contributed by atoms with van der Waals surface area (Å²) in [5.41, 5.74) is 2.37. The van der Waals surface area contributed by atoms with Gasteiger partial charge in [0, 0.05) is 11.9 Å². The summed E-state index contributed by atoms with van der Waals surface area (Å²) in [6, 6.07) is 4.32. The van der Waals surface area contributed by atoms with Crippen molar-refractivity contribution in [1.82, 2.24) is 4.98 Å². The van der Waals surface area contributed by atoms with Gasteiger partial charge in [0.1, 0.15) is 5.82 Å². The van der Waals surface area contributed by atoms with E-state index >= 15 is 0 Å². The van der Waals surface area contributed by atoms with Crippen LogP contribution in [-0.4, -0.2) is 4.98 Å². The average Bonchev–Trinajstić information content (AvgIpc) is 2.91. The molecule has 0 saturated heterocycles. The predicted molar refractivity (Wildman–Crippen MR) is 70.9 cm³/mol. The highest BCUT2D eigenvalue weighted by atomic mass is 15.0. The van der Waals surface area contributed by atoms with Crippen LogP contribution in [0.4, 0.5) is 5.82 Å². The molecule has 0 aliphatic heterocycles. The molecule has 0 amide bonds. The van der Waals surface area contributed by atoms with Gasteiger partial charge in [-0.3, -0.25) is 0 Å². The molecule has 2 fully saturated rings. The first-order chi connectivity index (χ1) is 8.22. The standard InChI is InChI=1S/C15H20N2/c1-10(2)17-15-6-5-13(9-16-15)14-8-11-3-4-12(14)7-11/h5-6,9,11-12,14H,1,3-4,7-8H2,2H3,(H,16,17). The molecule has 3 atom stereocenters. The predicted octanol–water partition coefficient (Wildman–Crippen LogP) is 3.93. The lowest BCUT2D eigenvalue weighted by molar-refractivity contribution is 0.419. The summed E-state index contributed by atoms with van der Waals surface area (Å²) >= 11 is 0.